The van der Waals surface area contributed by atoms with Crippen LogP contribution < -0.4 is 5.73 Å². The molecule has 1 aromatic heterocycles. The Labute approximate surface area is 131 Å². The molecule has 2 heterocycles. The van der Waals surface area contributed by atoms with Gasteiger partial charge in [-0.1, -0.05) is 36.4 Å². The number of rotatable bonds is 5. The van der Waals surface area contributed by atoms with Crippen molar-refractivity contribution in [3.8, 4) is 0 Å². The van der Waals surface area contributed by atoms with Crippen LogP contribution in [0.25, 0.3) is 0 Å². The van der Waals surface area contributed by atoms with Crippen molar-refractivity contribution in [3.05, 3.63) is 58.3 Å². The van der Waals surface area contributed by atoms with Gasteiger partial charge < -0.3 is 10.6 Å². The lowest BCUT2D eigenvalue weighted by Gasteiger charge is -2.42. The van der Waals surface area contributed by atoms with Crippen LogP contribution in [0.4, 0.5) is 0 Å². The summed E-state index contributed by atoms with van der Waals surface area (Å²) < 4.78 is 0. The van der Waals surface area contributed by atoms with Crippen LogP contribution in [-0.2, 0) is 5.41 Å². The van der Waals surface area contributed by atoms with Gasteiger partial charge in [0, 0.05) is 10.3 Å². The maximum atomic E-state index is 5.64. The third-order valence-corrected chi connectivity index (χ3v) is 5.78. The average Bonchev–Trinajstić information content (AvgIpc) is 3.09. The molecule has 1 aromatic carbocycles. The maximum absolute atomic E-state index is 5.64. The number of thiophene rings is 1. The minimum absolute atomic E-state index is 0.217. The SMILES string of the molecule is NCCCN1CCC(c2ccccc2)(c2cccs2)CC1. The van der Waals surface area contributed by atoms with Gasteiger partial charge in [0.05, 0.1) is 0 Å². The van der Waals surface area contributed by atoms with E-state index in [0.29, 0.717) is 0 Å². The molecule has 0 amide bonds. The highest BCUT2D eigenvalue weighted by Crippen LogP contribution is 2.43. The summed E-state index contributed by atoms with van der Waals surface area (Å²) >= 11 is 1.90. The zero-order valence-electron chi connectivity index (χ0n) is 12.5. The molecule has 1 fully saturated rings. The standard InChI is InChI=1S/C18H24N2S/c19-11-5-12-20-13-9-18(10-14-20,17-8-4-15-21-17)16-6-2-1-3-7-16/h1-4,6-8,15H,5,9-14,19H2. The molecular weight excluding hydrogens is 276 g/mol. The predicted molar refractivity (Wildman–Crippen MR) is 90.9 cm³/mol. The van der Waals surface area contributed by atoms with E-state index in [9.17, 15) is 0 Å². The first-order valence-corrected chi connectivity index (χ1v) is 8.75. The fourth-order valence-electron chi connectivity index (χ4n) is 3.46. The average molecular weight is 300 g/mol. The van der Waals surface area contributed by atoms with Crippen molar-refractivity contribution in [1.29, 1.82) is 0 Å². The summed E-state index contributed by atoms with van der Waals surface area (Å²) in [5.41, 5.74) is 7.34. The number of piperidine rings is 1. The summed E-state index contributed by atoms with van der Waals surface area (Å²) in [7, 11) is 0. The topological polar surface area (TPSA) is 29.3 Å². The van der Waals surface area contributed by atoms with Crippen LogP contribution in [0.3, 0.4) is 0 Å². The minimum atomic E-state index is 0.217. The second-order valence-corrected chi connectivity index (χ2v) is 6.86. The molecule has 1 saturated heterocycles. The van der Waals surface area contributed by atoms with Gasteiger partial charge in [-0.05, 0) is 62.5 Å². The number of benzene rings is 1. The van der Waals surface area contributed by atoms with Crippen LogP contribution in [0, 0.1) is 0 Å². The van der Waals surface area contributed by atoms with Gasteiger partial charge in [-0.2, -0.15) is 0 Å². The highest BCUT2D eigenvalue weighted by Gasteiger charge is 2.38. The molecule has 3 heteroatoms. The molecule has 2 aromatic rings. The quantitative estimate of drug-likeness (QED) is 0.916. The largest absolute Gasteiger partial charge is 0.330 e. The molecule has 0 unspecified atom stereocenters. The molecule has 0 saturated carbocycles. The summed E-state index contributed by atoms with van der Waals surface area (Å²) in [5, 5.41) is 2.21. The molecule has 112 valence electrons. The van der Waals surface area contributed by atoms with Crippen LogP contribution in [0.5, 0.6) is 0 Å². The monoisotopic (exact) mass is 300 g/mol. The minimum Gasteiger partial charge on any atom is -0.330 e. The van der Waals surface area contributed by atoms with E-state index in [1.54, 1.807) is 0 Å². The van der Waals surface area contributed by atoms with Crippen LogP contribution in [0.1, 0.15) is 29.7 Å². The first-order valence-electron chi connectivity index (χ1n) is 7.87. The van der Waals surface area contributed by atoms with Gasteiger partial charge >= 0.3 is 0 Å². The Morgan fingerprint density at radius 3 is 2.43 bits per heavy atom. The van der Waals surface area contributed by atoms with Gasteiger partial charge in [0.25, 0.3) is 0 Å². The van der Waals surface area contributed by atoms with E-state index in [-0.39, 0.29) is 5.41 Å². The van der Waals surface area contributed by atoms with Gasteiger partial charge in [0.2, 0.25) is 0 Å². The van der Waals surface area contributed by atoms with Crippen molar-refractivity contribution < 1.29 is 0 Å². The van der Waals surface area contributed by atoms with Crippen molar-refractivity contribution >= 4 is 11.3 Å². The molecule has 2 nitrogen and oxygen atoms in total. The fourth-order valence-corrected chi connectivity index (χ4v) is 4.47. The smallest absolute Gasteiger partial charge is 0.0320 e. The lowest BCUT2D eigenvalue weighted by molar-refractivity contribution is 0.180. The Hall–Kier alpha value is -1.16. The van der Waals surface area contributed by atoms with E-state index in [2.05, 4.69) is 52.7 Å². The van der Waals surface area contributed by atoms with Crippen molar-refractivity contribution in [2.24, 2.45) is 5.73 Å². The van der Waals surface area contributed by atoms with E-state index in [1.165, 1.54) is 36.4 Å². The molecule has 0 aliphatic carbocycles. The highest BCUT2D eigenvalue weighted by molar-refractivity contribution is 7.10. The second kappa shape index (κ2) is 6.73. The highest BCUT2D eigenvalue weighted by atomic mass is 32.1. The molecule has 0 atom stereocenters. The first-order chi connectivity index (χ1) is 10.3. The molecule has 0 spiro atoms. The fraction of sp³-hybridized carbons (Fsp3) is 0.444. The third-order valence-electron chi connectivity index (χ3n) is 4.71. The van der Waals surface area contributed by atoms with Crippen molar-refractivity contribution in [2.75, 3.05) is 26.2 Å². The summed E-state index contributed by atoms with van der Waals surface area (Å²) in [4.78, 5) is 4.09. The van der Waals surface area contributed by atoms with Crippen molar-refractivity contribution in [1.82, 2.24) is 4.90 Å². The Bertz CT molecular complexity index is 528. The Morgan fingerprint density at radius 1 is 1.05 bits per heavy atom. The lowest BCUT2D eigenvalue weighted by atomic mass is 9.71. The van der Waals surface area contributed by atoms with Gasteiger partial charge in [0.1, 0.15) is 0 Å². The van der Waals surface area contributed by atoms with Crippen molar-refractivity contribution in [2.45, 2.75) is 24.7 Å². The van der Waals surface area contributed by atoms with E-state index in [1.807, 2.05) is 11.3 Å². The number of nitrogens with zero attached hydrogens (tertiary/aromatic N) is 1. The molecule has 21 heavy (non-hydrogen) atoms. The maximum Gasteiger partial charge on any atom is 0.0320 e. The van der Waals surface area contributed by atoms with E-state index in [4.69, 9.17) is 5.73 Å². The van der Waals surface area contributed by atoms with Crippen LogP contribution in [0.15, 0.2) is 47.8 Å². The summed E-state index contributed by atoms with van der Waals surface area (Å²) in [6.07, 6.45) is 3.53. The number of hydrogen-bond acceptors (Lipinski definition) is 3. The normalized spacial score (nSPS) is 18.7. The summed E-state index contributed by atoms with van der Waals surface area (Å²) in [6, 6.07) is 15.6. The van der Waals surface area contributed by atoms with E-state index < -0.39 is 0 Å². The summed E-state index contributed by atoms with van der Waals surface area (Å²) in [6.45, 7) is 4.29. The van der Waals surface area contributed by atoms with Crippen molar-refractivity contribution in [3.63, 3.8) is 0 Å². The first kappa shape index (κ1) is 14.8. The zero-order chi connectivity index (χ0) is 14.5. The Morgan fingerprint density at radius 2 is 1.81 bits per heavy atom. The van der Waals surface area contributed by atoms with Gasteiger partial charge in [-0.15, -0.1) is 11.3 Å². The number of likely N-dealkylation sites (tertiary alicyclic amines) is 1. The summed E-state index contributed by atoms with van der Waals surface area (Å²) in [5.74, 6) is 0. The molecular formula is C18H24N2S. The molecule has 2 N–H and O–H groups in total. The Balaban J connectivity index is 1.84. The van der Waals surface area contributed by atoms with Crippen LogP contribution in [0.2, 0.25) is 0 Å². The van der Waals surface area contributed by atoms with Gasteiger partial charge in [-0.3, -0.25) is 0 Å². The van der Waals surface area contributed by atoms with Crippen LogP contribution >= 0.6 is 11.3 Å². The molecule has 3 rings (SSSR count). The number of hydrogen-bond donors (Lipinski definition) is 1. The van der Waals surface area contributed by atoms with E-state index in [0.717, 1.165) is 19.5 Å². The molecule has 1 aliphatic heterocycles. The predicted octanol–water partition coefficient (Wildman–Crippen LogP) is 3.48. The number of nitrogens with two attached hydrogens (primary N) is 1. The Kier molecular flexibility index (Phi) is 4.73. The van der Waals surface area contributed by atoms with E-state index >= 15 is 0 Å². The second-order valence-electron chi connectivity index (χ2n) is 5.91. The van der Waals surface area contributed by atoms with Gasteiger partial charge in [-0.25, -0.2) is 0 Å². The molecule has 0 radical (unpaired) electrons. The van der Waals surface area contributed by atoms with Gasteiger partial charge in [0.15, 0.2) is 0 Å². The molecule has 0 bridgehead atoms. The molecule has 1 aliphatic rings. The zero-order valence-corrected chi connectivity index (χ0v) is 13.3. The van der Waals surface area contributed by atoms with Crippen LogP contribution in [-0.4, -0.2) is 31.1 Å². The third kappa shape index (κ3) is 3.05. The lowest BCUT2D eigenvalue weighted by Crippen LogP contribution is -2.43.